The molecule has 10 heteroatoms. The van der Waals surface area contributed by atoms with Crippen LogP contribution in [-0.4, -0.2) is 47.0 Å². The molecular weight excluding hydrogens is 660 g/mol. The number of hydrogen-bond donors (Lipinski definition) is 2. The van der Waals surface area contributed by atoms with Crippen LogP contribution in [0.15, 0.2) is 60.7 Å². The Kier molecular flexibility index (Phi) is 7.69. The molecule has 2 N–H and O–H groups in total. The van der Waals surface area contributed by atoms with Crippen LogP contribution in [0, 0.1) is 0 Å². The summed E-state index contributed by atoms with van der Waals surface area (Å²) in [4.78, 5) is 27.8. The molecular formula is C26H37Cl2GaN2O2Si2Zr. The fraction of sp³-hybridized carbons (Fsp3) is 0.308. The minimum atomic E-state index is -6.58. The molecule has 0 saturated carbocycles. The van der Waals surface area contributed by atoms with Crippen LogP contribution in [0.3, 0.4) is 0 Å². The predicted molar refractivity (Wildman–Crippen MR) is 162 cm³/mol. The second-order valence-corrected chi connectivity index (χ2v) is 47.9. The van der Waals surface area contributed by atoms with E-state index in [4.69, 9.17) is 17.0 Å². The van der Waals surface area contributed by atoms with Gasteiger partial charge >= 0.3 is 237 Å². The van der Waals surface area contributed by atoms with Gasteiger partial charge in [0.25, 0.3) is 0 Å². The van der Waals surface area contributed by atoms with Crippen LogP contribution in [0.4, 0.5) is 9.59 Å². The van der Waals surface area contributed by atoms with Gasteiger partial charge in [-0.15, -0.1) is 0 Å². The first-order chi connectivity index (χ1) is 16.0. The molecule has 2 aliphatic carbocycles. The molecule has 0 aromatic heterocycles. The van der Waals surface area contributed by atoms with Gasteiger partial charge in [-0.05, 0) is 0 Å². The van der Waals surface area contributed by atoms with Gasteiger partial charge in [0.1, 0.15) is 0 Å². The van der Waals surface area contributed by atoms with Gasteiger partial charge < -0.3 is 0 Å². The van der Waals surface area contributed by atoms with Crippen molar-refractivity contribution in [3.8, 4) is 0 Å². The van der Waals surface area contributed by atoms with Gasteiger partial charge in [0.2, 0.25) is 0 Å². The Labute approximate surface area is 235 Å². The molecule has 0 fully saturated rings. The number of allylic oxidation sites excluding steroid dienone is 2. The summed E-state index contributed by atoms with van der Waals surface area (Å²) in [5, 5.41) is 0. The van der Waals surface area contributed by atoms with Crippen LogP contribution in [0.1, 0.15) is 29.5 Å². The van der Waals surface area contributed by atoms with E-state index in [1.54, 1.807) is 0 Å². The third kappa shape index (κ3) is 4.81. The molecule has 0 saturated heterocycles. The summed E-state index contributed by atoms with van der Waals surface area (Å²) in [6, 6.07) is 15.9. The van der Waals surface area contributed by atoms with Crippen LogP contribution < -0.4 is 6.52 Å². The summed E-state index contributed by atoms with van der Waals surface area (Å²) in [6.07, 6.45) is 7.99. The standard InChI is InChI=1S/2C9H7.2C4H11NOSi.2ClH.Ga.Zr.3H/c2*1-2-5-9-7-3-6-8(9)4-1;2*1-7(2,3)4(5)6;;;;;;;/h2*1-7H;2*1-3H3,(H2,5,6);2*1H;;;;;/q;;;;;;;+4;;;/p-4. The second kappa shape index (κ2) is 9.25. The Balaban J connectivity index is 0.00000361. The Bertz CT molecular complexity index is 1220. The molecule has 0 spiro atoms. The average molecular weight is 698 g/mol. The molecule has 0 heterocycles. The van der Waals surface area contributed by atoms with Crippen molar-refractivity contribution in [3.05, 3.63) is 82.9 Å². The van der Waals surface area contributed by atoms with Crippen molar-refractivity contribution >= 4 is 76.2 Å². The molecule has 2 aromatic rings. The molecule has 36 heavy (non-hydrogen) atoms. The molecule has 2 atom stereocenters. The third-order valence-corrected chi connectivity index (χ3v) is 32.9. The van der Waals surface area contributed by atoms with E-state index in [1.165, 1.54) is 0 Å². The molecule has 0 bridgehead atoms. The zero-order valence-corrected chi connectivity index (χ0v) is 27.1. The molecule has 2 aromatic carbocycles. The number of rotatable bonds is 6. The summed E-state index contributed by atoms with van der Waals surface area (Å²) in [7, 11) is 11.5. The normalized spacial score (nSPS) is 20.4. The van der Waals surface area contributed by atoms with Gasteiger partial charge in [-0.1, -0.05) is 0 Å². The van der Waals surface area contributed by atoms with Gasteiger partial charge in [0.05, 0.1) is 0 Å². The van der Waals surface area contributed by atoms with Crippen LogP contribution in [0.2, 0.25) is 39.3 Å². The monoisotopic (exact) mass is 694 g/mol. The number of fused-ring (bicyclic) bond motifs is 2. The van der Waals surface area contributed by atoms with Crippen molar-refractivity contribution in [1.82, 2.24) is 6.52 Å². The number of benzene rings is 2. The fourth-order valence-electron chi connectivity index (χ4n) is 5.13. The maximum atomic E-state index is 13.9. The van der Waals surface area contributed by atoms with Crippen molar-refractivity contribution < 1.29 is 25.1 Å². The van der Waals surface area contributed by atoms with E-state index in [9.17, 15) is 9.59 Å². The number of hydrogen-bond acceptors (Lipinski definition) is 2. The molecule has 2 aliphatic rings. The van der Waals surface area contributed by atoms with Gasteiger partial charge in [-0.25, -0.2) is 0 Å². The molecule has 0 aliphatic heterocycles. The van der Waals surface area contributed by atoms with Crippen LogP contribution in [0.25, 0.3) is 12.2 Å². The second-order valence-electron chi connectivity index (χ2n) is 12.1. The quantitative estimate of drug-likeness (QED) is 0.321. The van der Waals surface area contributed by atoms with Crippen molar-refractivity contribution in [2.75, 3.05) is 0 Å². The van der Waals surface area contributed by atoms with Crippen LogP contribution in [-0.2, 0) is 15.5 Å². The van der Waals surface area contributed by atoms with Crippen LogP contribution in [0.5, 0.6) is 0 Å². The van der Waals surface area contributed by atoms with Crippen molar-refractivity contribution in [1.29, 1.82) is 0 Å². The van der Waals surface area contributed by atoms with Gasteiger partial charge in [-0.2, -0.15) is 0 Å². The van der Waals surface area contributed by atoms with E-state index in [0.717, 1.165) is 22.3 Å². The molecule has 4 nitrogen and oxygen atoms in total. The van der Waals surface area contributed by atoms with E-state index in [1.807, 2.05) is 112 Å². The first-order valence-electron chi connectivity index (χ1n) is 12.0. The Hall–Kier alpha value is -0.607. The summed E-state index contributed by atoms with van der Waals surface area (Å²) >= 11 is -6.58. The van der Waals surface area contributed by atoms with Crippen molar-refractivity contribution in [2.24, 2.45) is 0 Å². The van der Waals surface area contributed by atoms with Crippen molar-refractivity contribution in [2.45, 2.75) is 46.5 Å². The summed E-state index contributed by atoms with van der Waals surface area (Å²) in [5.74, 6) is 0. The number of nitrogens with one attached hydrogen (secondary N) is 2. The summed E-state index contributed by atoms with van der Waals surface area (Å²) in [5.41, 5.74) is 3.56. The minimum absolute atomic E-state index is 0. The summed E-state index contributed by atoms with van der Waals surface area (Å²) < 4.78 is 5.56. The van der Waals surface area contributed by atoms with E-state index < -0.39 is 38.9 Å². The van der Waals surface area contributed by atoms with Crippen molar-refractivity contribution in [3.63, 3.8) is 0 Å². The molecule has 0 radical (unpaired) electrons. The first kappa shape index (κ1) is 29.9. The predicted octanol–water partition coefficient (Wildman–Crippen LogP) is 6.96. The Morgan fingerprint density at radius 2 is 1.03 bits per heavy atom. The van der Waals surface area contributed by atoms with Crippen LogP contribution >= 0.6 is 17.0 Å². The van der Waals surface area contributed by atoms with Gasteiger partial charge in [-0.3, -0.25) is 0 Å². The molecule has 192 valence electrons. The Morgan fingerprint density at radius 3 is 1.36 bits per heavy atom. The third-order valence-electron chi connectivity index (χ3n) is 7.24. The van der Waals surface area contributed by atoms with Gasteiger partial charge in [0, 0.05) is 0 Å². The molecule has 2 unspecified atom stereocenters. The number of amides is 2. The fourth-order valence-corrected chi connectivity index (χ4v) is 36.6. The molecule has 2 amide bonds. The zero-order valence-electron chi connectivity index (χ0n) is 21.2. The molecule has 4 rings (SSSR count). The topological polar surface area (TPSA) is 58.2 Å². The van der Waals surface area contributed by atoms with Gasteiger partial charge in [0.15, 0.2) is 0 Å². The van der Waals surface area contributed by atoms with E-state index >= 15 is 0 Å². The Morgan fingerprint density at radius 1 is 0.694 bits per heavy atom. The first-order valence-corrected chi connectivity index (χ1v) is 30.6. The summed E-state index contributed by atoms with van der Waals surface area (Å²) in [6.45, 7) is 11.8. The SMILES string of the molecule is C[Si](C)(C)C(=O)[NH][Zr]([Cl])([Cl])([NH]C(=O)[Si](C)(C)C)([CH]1C=Cc2ccccc21)[CH]1C=Cc2ccccc21.[GaH3]. The number of halogens is 2. The maximum absolute atomic E-state index is 13.9. The van der Waals surface area contributed by atoms with E-state index in [0.29, 0.717) is 0 Å². The average Bonchev–Trinajstić information content (AvgIpc) is 3.38. The number of carbonyl (C=O) groups is 2. The van der Waals surface area contributed by atoms with E-state index in [-0.39, 0.29) is 30.9 Å². The zero-order chi connectivity index (χ0) is 25.9. The number of carbonyl (C=O) groups excluding carboxylic acids is 2. The van der Waals surface area contributed by atoms with E-state index in [2.05, 4.69) is 6.52 Å².